The van der Waals surface area contributed by atoms with Gasteiger partial charge in [-0.25, -0.2) is 4.79 Å². The van der Waals surface area contributed by atoms with E-state index < -0.39 is 35.4 Å². The van der Waals surface area contributed by atoms with E-state index in [-0.39, 0.29) is 29.5 Å². The number of imidazole rings is 1. The molecule has 0 saturated heterocycles. The van der Waals surface area contributed by atoms with Crippen LogP contribution in [0.4, 0.5) is 0 Å². The Kier molecular flexibility index (Phi) is 7.09. The van der Waals surface area contributed by atoms with Gasteiger partial charge in [-0.15, -0.1) is 10.2 Å². The van der Waals surface area contributed by atoms with E-state index in [9.17, 15) is 19.5 Å². The third-order valence-corrected chi connectivity index (χ3v) is 5.79. The van der Waals surface area contributed by atoms with Crippen molar-refractivity contribution in [2.45, 2.75) is 65.5 Å². The van der Waals surface area contributed by atoms with Crippen molar-refractivity contribution in [2.75, 3.05) is 0 Å². The second-order valence-electron chi connectivity index (χ2n) is 9.47. The Balaban J connectivity index is 1.78. The first-order valence-corrected chi connectivity index (χ1v) is 11.2. The fourth-order valence-electron chi connectivity index (χ4n) is 3.61. The fourth-order valence-corrected chi connectivity index (χ4v) is 3.61. The van der Waals surface area contributed by atoms with Gasteiger partial charge in [-0.1, -0.05) is 58.0 Å². The first kappa shape index (κ1) is 24.9. The van der Waals surface area contributed by atoms with E-state index in [0.29, 0.717) is 5.69 Å². The van der Waals surface area contributed by atoms with Crippen molar-refractivity contribution in [3.8, 4) is 5.88 Å². The highest BCUT2D eigenvalue weighted by molar-refractivity contribution is 5.98. The van der Waals surface area contributed by atoms with Gasteiger partial charge in [0.2, 0.25) is 23.5 Å². The molecular formula is C24H31N5O5. The van der Waals surface area contributed by atoms with Crippen LogP contribution in [0.5, 0.6) is 5.88 Å². The largest absolute Gasteiger partial charge is 0.493 e. The topological polar surface area (TPSA) is 143 Å². The zero-order valence-electron chi connectivity index (χ0n) is 20.2. The van der Waals surface area contributed by atoms with Crippen LogP contribution in [0.2, 0.25) is 0 Å². The predicted molar refractivity (Wildman–Crippen MR) is 125 cm³/mol. The molecule has 0 radical (unpaired) electrons. The molecule has 3 rings (SSSR count). The number of nitrogens with one attached hydrogen (secondary N) is 2. The molecule has 0 spiro atoms. The summed E-state index contributed by atoms with van der Waals surface area (Å²) in [6.45, 7) is 10.5. The Morgan fingerprint density at radius 1 is 1.15 bits per heavy atom. The molecular weight excluding hydrogens is 438 g/mol. The van der Waals surface area contributed by atoms with Gasteiger partial charge in [0.15, 0.2) is 0 Å². The van der Waals surface area contributed by atoms with Crippen molar-refractivity contribution in [3.63, 3.8) is 0 Å². The Hall–Kier alpha value is -3.69. The van der Waals surface area contributed by atoms with E-state index in [1.165, 1.54) is 0 Å². The number of rotatable bonds is 9. The minimum atomic E-state index is -0.956. The first-order valence-electron chi connectivity index (χ1n) is 11.2. The van der Waals surface area contributed by atoms with Gasteiger partial charge in [0, 0.05) is 0 Å². The molecule has 34 heavy (non-hydrogen) atoms. The third-order valence-electron chi connectivity index (χ3n) is 5.79. The van der Waals surface area contributed by atoms with Crippen LogP contribution in [0.1, 0.15) is 75.3 Å². The van der Waals surface area contributed by atoms with Crippen LogP contribution in [0.25, 0.3) is 0 Å². The van der Waals surface area contributed by atoms with Crippen molar-refractivity contribution < 1.29 is 19.1 Å². The van der Waals surface area contributed by atoms with E-state index in [0.717, 1.165) is 10.1 Å². The Morgan fingerprint density at radius 3 is 2.35 bits per heavy atom. The van der Waals surface area contributed by atoms with Gasteiger partial charge in [-0.3, -0.25) is 14.2 Å². The summed E-state index contributed by atoms with van der Waals surface area (Å²) in [6.07, 6.45) is 0. The zero-order valence-corrected chi connectivity index (χ0v) is 20.2. The van der Waals surface area contributed by atoms with Gasteiger partial charge in [0.05, 0.1) is 17.2 Å². The Bertz CT molecular complexity index is 1220. The van der Waals surface area contributed by atoms with Crippen LogP contribution in [0.3, 0.4) is 0 Å². The van der Waals surface area contributed by atoms with Crippen molar-refractivity contribution >= 4 is 11.7 Å². The Morgan fingerprint density at radius 2 is 1.79 bits per heavy atom. The maximum atomic E-state index is 13.1. The van der Waals surface area contributed by atoms with Crippen molar-refractivity contribution in [2.24, 2.45) is 5.92 Å². The van der Waals surface area contributed by atoms with Crippen molar-refractivity contribution in [1.82, 2.24) is 25.1 Å². The number of H-pyrrole nitrogens is 1. The smallest absolute Gasteiger partial charge is 0.329 e. The van der Waals surface area contributed by atoms with Gasteiger partial charge in [-0.2, -0.15) is 0 Å². The number of nitrogens with zero attached hydrogens (tertiary/aromatic N) is 3. The highest BCUT2D eigenvalue weighted by Crippen LogP contribution is 2.30. The van der Waals surface area contributed by atoms with Gasteiger partial charge in [-0.05, 0) is 31.2 Å². The standard InChI is InChI=1S/C24H31N5O5/c1-13(2)17(25-16(30)12-29-21(32)18(14(3)4)26-23(29)33)19(31)20-27-28-22(34-20)24(5,6)15-10-8-7-9-11-15/h7-11,13-14,17,32H,12H2,1-6H3,(H,25,30)(H,26,33)/t17-/m0/s1. The number of benzene rings is 1. The monoisotopic (exact) mass is 469 g/mol. The minimum absolute atomic E-state index is 0.131. The van der Waals surface area contributed by atoms with Crippen LogP contribution >= 0.6 is 0 Å². The summed E-state index contributed by atoms with van der Waals surface area (Å²) in [4.78, 5) is 40.5. The number of carbonyl (C=O) groups excluding carboxylic acids is 2. The molecule has 10 heteroatoms. The second kappa shape index (κ2) is 9.66. The molecule has 0 saturated carbocycles. The Labute approximate surface area is 197 Å². The lowest BCUT2D eigenvalue weighted by atomic mass is 9.85. The van der Waals surface area contributed by atoms with E-state index in [1.807, 2.05) is 44.2 Å². The summed E-state index contributed by atoms with van der Waals surface area (Å²) in [7, 11) is 0. The van der Waals surface area contributed by atoms with Gasteiger partial charge in [0.25, 0.3) is 5.89 Å². The summed E-state index contributed by atoms with van der Waals surface area (Å²) in [5.41, 5.74) is 0.0656. The van der Waals surface area contributed by atoms with Crippen LogP contribution in [0, 0.1) is 5.92 Å². The van der Waals surface area contributed by atoms with Gasteiger partial charge >= 0.3 is 5.69 Å². The lowest BCUT2D eigenvalue weighted by Gasteiger charge is -2.21. The number of aromatic hydroxyl groups is 1. The molecule has 0 bridgehead atoms. The molecule has 0 fully saturated rings. The number of amides is 1. The molecule has 1 aromatic carbocycles. The average molecular weight is 470 g/mol. The van der Waals surface area contributed by atoms with Crippen molar-refractivity contribution in [3.05, 3.63) is 63.9 Å². The van der Waals surface area contributed by atoms with E-state index in [2.05, 4.69) is 20.5 Å². The molecule has 0 aliphatic rings. The maximum absolute atomic E-state index is 13.1. The summed E-state index contributed by atoms with van der Waals surface area (Å²) in [5.74, 6) is -1.79. The highest BCUT2D eigenvalue weighted by atomic mass is 16.4. The minimum Gasteiger partial charge on any atom is -0.493 e. The molecule has 10 nitrogen and oxygen atoms in total. The molecule has 2 aromatic heterocycles. The quantitative estimate of drug-likeness (QED) is 0.409. The van der Waals surface area contributed by atoms with E-state index in [4.69, 9.17) is 4.42 Å². The molecule has 3 aromatic rings. The molecule has 182 valence electrons. The number of carbonyl (C=O) groups is 2. The summed E-state index contributed by atoms with van der Waals surface area (Å²) in [6, 6.07) is 8.63. The molecule has 1 amide bonds. The lowest BCUT2D eigenvalue weighted by Crippen LogP contribution is -2.46. The van der Waals surface area contributed by atoms with Crippen LogP contribution in [-0.2, 0) is 16.8 Å². The third kappa shape index (κ3) is 4.95. The SMILES string of the molecule is CC(C)c1[nH]c(=O)n(CC(=O)N[C@H](C(=O)c2nnc(C(C)(C)c3ccccc3)o2)C(C)C)c1O. The molecule has 1 atom stereocenters. The molecule has 0 unspecified atom stereocenters. The first-order chi connectivity index (χ1) is 15.9. The summed E-state index contributed by atoms with van der Waals surface area (Å²) >= 11 is 0. The zero-order chi connectivity index (χ0) is 25.2. The van der Waals surface area contributed by atoms with Crippen LogP contribution in [0.15, 0.2) is 39.5 Å². The van der Waals surface area contributed by atoms with Crippen molar-refractivity contribution in [1.29, 1.82) is 0 Å². The van der Waals surface area contributed by atoms with Crippen LogP contribution in [-0.4, -0.2) is 42.6 Å². The highest BCUT2D eigenvalue weighted by Gasteiger charge is 2.34. The number of ketones is 1. The van der Waals surface area contributed by atoms with E-state index >= 15 is 0 Å². The normalized spacial score (nSPS) is 12.8. The molecule has 2 heterocycles. The molecule has 3 N–H and O–H groups in total. The predicted octanol–water partition coefficient (Wildman–Crippen LogP) is 2.74. The number of Topliss-reactive ketones (excluding diaryl/α,β-unsaturated/α-hetero) is 1. The average Bonchev–Trinajstić information content (AvgIpc) is 3.39. The number of hydrogen-bond donors (Lipinski definition) is 3. The van der Waals surface area contributed by atoms with Gasteiger partial charge in [0.1, 0.15) is 6.54 Å². The molecule has 0 aliphatic heterocycles. The number of aromatic nitrogens is 4. The van der Waals surface area contributed by atoms with Gasteiger partial charge < -0.3 is 19.8 Å². The summed E-state index contributed by atoms with van der Waals surface area (Å²) in [5, 5.41) is 20.9. The second-order valence-corrected chi connectivity index (χ2v) is 9.47. The lowest BCUT2D eigenvalue weighted by molar-refractivity contribution is -0.122. The fraction of sp³-hybridized carbons (Fsp3) is 0.458. The summed E-state index contributed by atoms with van der Waals surface area (Å²) < 4.78 is 6.67. The van der Waals surface area contributed by atoms with Crippen LogP contribution < -0.4 is 11.0 Å². The maximum Gasteiger partial charge on any atom is 0.329 e. The number of hydrogen-bond acceptors (Lipinski definition) is 7. The number of aromatic amines is 1. The molecule has 0 aliphatic carbocycles. The van der Waals surface area contributed by atoms with E-state index in [1.54, 1.807) is 27.7 Å².